The number of hydrogen-bond acceptors (Lipinski definition) is 2. The van der Waals surface area contributed by atoms with Gasteiger partial charge in [-0.15, -0.1) is 12.4 Å². The molecule has 0 unspecified atom stereocenters. The van der Waals surface area contributed by atoms with Gasteiger partial charge in [0.15, 0.2) is 5.78 Å². The van der Waals surface area contributed by atoms with Crippen molar-refractivity contribution < 1.29 is 4.79 Å². The Labute approximate surface area is 104 Å². The number of ketones is 1. The van der Waals surface area contributed by atoms with E-state index >= 15 is 0 Å². The van der Waals surface area contributed by atoms with Gasteiger partial charge in [0.1, 0.15) is 0 Å². The largest absolute Gasteiger partial charge is 0.312 e. The first-order valence-electron chi connectivity index (χ1n) is 5.32. The summed E-state index contributed by atoms with van der Waals surface area (Å²) in [6.45, 7) is 7.03. The summed E-state index contributed by atoms with van der Waals surface area (Å²) >= 11 is 0. The van der Waals surface area contributed by atoms with E-state index in [1.54, 1.807) is 0 Å². The molecule has 0 spiro atoms. The highest BCUT2D eigenvalue weighted by atomic mass is 35.5. The SMILES string of the molecule is CC(C)(C)NCCC(=O)c1ccccc1.Cl. The van der Waals surface area contributed by atoms with E-state index in [1.165, 1.54) is 0 Å². The number of halogens is 1. The fourth-order valence-corrected chi connectivity index (χ4v) is 1.32. The molecular formula is C13H20ClNO. The maximum Gasteiger partial charge on any atom is 0.164 e. The van der Waals surface area contributed by atoms with Crippen LogP contribution in [0.25, 0.3) is 0 Å². The molecule has 0 aliphatic carbocycles. The van der Waals surface area contributed by atoms with E-state index < -0.39 is 0 Å². The lowest BCUT2D eigenvalue weighted by Gasteiger charge is -2.20. The zero-order valence-electron chi connectivity index (χ0n) is 10.1. The zero-order valence-corrected chi connectivity index (χ0v) is 10.9. The van der Waals surface area contributed by atoms with Gasteiger partial charge >= 0.3 is 0 Å². The van der Waals surface area contributed by atoms with Crippen LogP contribution in [0.15, 0.2) is 30.3 Å². The molecule has 2 nitrogen and oxygen atoms in total. The molecular weight excluding hydrogens is 222 g/mol. The molecule has 0 fully saturated rings. The Morgan fingerprint density at radius 3 is 2.25 bits per heavy atom. The maximum atomic E-state index is 11.7. The van der Waals surface area contributed by atoms with Crippen LogP contribution in [0.3, 0.4) is 0 Å². The van der Waals surface area contributed by atoms with E-state index in [1.807, 2.05) is 30.3 Å². The highest BCUT2D eigenvalue weighted by molar-refractivity contribution is 5.96. The topological polar surface area (TPSA) is 29.1 Å². The Balaban J connectivity index is 0.00000225. The normalized spacial score (nSPS) is 10.7. The van der Waals surface area contributed by atoms with Crippen LogP contribution in [0.4, 0.5) is 0 Å². The number of carbonyl (C=O) groups is 1. The third-order valence-electron chi connectivity index (χ3n) is 2.10. The molecule has 0 radical (unpaired) electrons. The Hall–Kier alpha value is -0.860. The highest BCUT2D eigenvalue weighted by Gasteiger charge is 2.10. The summed E-state index contributed by atoms with van der Waals surface area (Å²) in [5.41, 5.74) is 0.880. The van der Waals surface area contributed by atoms with Gasteiger partial charge in [-0.05, 0) is 20.8 Å². The van der Waals surface area contributed by atoms with Crippen molar-refractivity contribution in [2.45, 2.75) is 32.7 Å². The van der Waals surface area contributed by atoms with E-state index in [-0.39, 0.29) is 23.7 Å². The second-order valence-corrected chi connectivity index (χ2v) is 4.72. The van der Waals surface area contributed by atoms with Crippen LogP contribution in [0.2, 0.25) is 0 Å². The third kappa shape index (κ3) is 5.89. The number of hydrogen-bond donors (Lipinski definition) is 1. The monoisotopic (exact) mass is 241 g/mol. The molecule has 0 aliphatic heterocycles. The molecule has 1 N–H and O–H groups in total. The number of rotatable bonds is 4. The zero-order chi connectivity index (χ0) is 11.3. The van der Waals surface area contributed by atoms with Crippen LogP contribution in [-0.4, -0.2) is 17.9 Å². The second kappa shape index (κ2) is 6.66. The maximum absolute atomic E-state index is 11.7. The van der Waals surface area contributed by atoms with Gasteiger partial charge in [-0.1, -0.05) is 30.3 Å². The van der Waals surface area contributed by atoms with Crippen LogP contribution in [-0.2, 0) is 0 Å². The Morgan fingerprint density at radius 2 is 1.75 bits per heavy atom. The minimum Gasteiger partial charge on any atom is -0.312 e. The molecule has 0 bridgehead atoms. The van der Waals surface area contributed by atoms with Crippen molar-refractivity contribution in [3.05, 3.63) is 35.9 Å². The molecule has 1 aromatic rings. The molecule has 0 saturated carbocycles. The number of Topliss-reactive ketones (excluding diaryl/α,β-unsaturated/α-hetero) is 1. The molecule has 0 aliphatic rings. The van der Waals surface area contributed by atoms with Crippen LogP contribution in [0.1, 0.15) is 37.6 Å². The number of carbonyl (C=O) groups excluding carboxylic acids is 1. The van der Waals surface area contributed by atoms with Gasteiger partial charge in [0.2, 0.25) is 0 Å². The van der Waals surface area contributed by atoms with Crippen molar-refractivity contribution in [3.8, 4) is 0 Å². The van der Waals surface area contributed by atoms with Crippen molar-refractivity contribution in [3.63, 3.8) is 0 Å². The van der Waals surface area contributed by atoms with E-state index in [4.69, 9.17) is 0 Å². The summed E-state index contributed by atoms with van der Waals surface area (Å²) in [6, 6.07) is 9.43. The van der Waals surface area contributed by atoms with Gasteiger partial charge in [0, 0.05) is 24.1 Å². The molecule has 1 aromatic carbocycles. The van der Waals surface area contributed by atoms with Crippen molar-refractivity contribution in [1.82, 2.24) is 5.32 Å². The predicted octanol–water partition coefficient (Wildman–Crippen LogP) is 3.07. The Kier molecular flexibility index (Phi) is 6.31. The van der Waals surface area contributed by atoms with E-state index in [2.05, 4.69) is 26.1 Å². The van der Waals surface area contributed by atoms with Crippen molar-refractivity contribution in [1.29, 1.82) is 0 Å². The van der Waals surface area contributed by atoms with E-state index in [0.717, 1.165) is 12.1 Å². The van der Waals surface area contributed by atoms with Crippen LogP contribution in [0.5, 0.6) is 0 Å². The standard InChI is InChI=1S/C13H19NO.ClH/c1-13(2,3)14-10-9-12(15)11-7-5-4-6-8-11;/h4-8,14H,9-10H2,1-3H3;1H. The summed E-state index contributed by atoms with van der Waals surface area (Å²) in [5, 5.41) is 3.30. The van der Waals surface area contributed by atoms with Gasteiger partial charge in [-0.2, -0.15) is 0 Å². The molecule has 0 aromatic heterocycles. The summed E-state index contributed by atoms with van der Waals surface area (Å²) in [6.07, 6.45) is 0.557. The minimum absolute atomic E-state index is 0. The van der Waals surface area contributed by atoms with Gasteiger partial charge in [0.25, 0.3) is 0 Å². The van der Waals surface area contributed by atoms with Crippen molar-refractivity contribution in [2.24, 2.45) is 0 Å². The lowest BCUT2D eigenvalue weighted by atomic mass is 10.1. The summed E-state index contributed by atoms with van der Waals surface area (Å²) in [7, 11) is 0. The van der Waals surface area contributed by atoms with Gasteiger partial charge in [-0.25, -0.2) is 0 Å². The first-order valence-corrected chi connectivity index (χ1v) is 5.32. The van der Waals surface area contributed by atoms with Crippen LogP contribution >= 0.6 is 12.4 Å². The van der Waals surface area contributed by atoms with Gasteiger partial charge < -0.3 is 5.32 Å². The first kappa shape index (κ1) is 15.1. The van der Waals surface area contributed by atoms with Gasteiger partial charge in [-0.3, -0.25) is 4.79 Å². The minimum atomic E-state index is 0. The van der Waals surface area contributed by atoms with Crippen molar-refractivity contribution >= 4 is 18.2 Å². The van der Waals surface area contributed by atoms with Crippen LogP contribution < -0.4 is 5.32 Å². The van der Waals surface area contributed by atoms with Crippen molar-refractivity contribution in [2.75, 3.05) is 6.54 Å². The number of benzene rings is 1. The molecule has 0 heterocycles. The lowest BCUT2D eigenvalue weighted by molar-refractivity contribution is 0.0980. The average molecular weight is 242 g/mol. The Bertz CT molecular complexity index is 316. The molecule has 0 atom stereocenters. The summed E-state index contributed by atoms with van der Waals surface area (Å²) in [4.78, 5) is 11.7. The summed E-state index contributed by atoms with van der Waals surface area (Å²) in [5.74, 6) is 0.201. The average Bonchev–Trinajstić information content (AvgIpc) is 2.17. The lowest BCUT2D eigenvalue weighted by Crippen LogP contribution is -2.37. The molecule has 16 heavy (non-hydrogen) atoms. The first-order chi connectivity index (χ1) is 6.99. The summed E-state index contributed by atoms with van der Waals surface area (Å²) < 4.78 is 0. The Morgan fingerprint density at radius 1 is 1.19 bits per heavy atom. The van der Waals surface area contributed by atoms with E-state index in [9.17, 15) is 4.79 Å². The number of nitrogens with one attached hydrogen (secondary N) is 1. The fourth-order valence-electron chi connectivity index (χ4n) is 1.32. The fraction of sp³-hybridized carbons (Fsp3) is 0.462. The third-order valence-corrected chi connectivity index (χ3v) is 2.10. The second-order valence-electron chi connectivity index (χ2n) is 4.72. The molecule has 0 amide bonds. The highest BCUT2D eigenvalue weighted by Crippen LogP contribution is 2.04. The molecule has 3 heteroatoms. The van der Waals surface area contributed by atoms with Crippen LogP contribution in [0, 0.1) is 0 Å². The quantitative estimate of drug-likeness (QED) is 0.821. The molecule has 0 saturated heterocycles. The predicted molar refractivity (Wildman–Crippen MR) is 70.4 cm³/mol. The van der Waals surface area contributed by atoms with Gasteiger partial charge in [0.05, 0.1) is 0 Å². The molecule has 1 rings (SSSR count). The smallest absolute Gasteiger partial charge is 0.164 e. The molecule has 90 valence electrons. The van der Waals surface area contributed by atoms with E-state index in [0.29, 0.717) is 6.42 Å².